The summed E-state index contributed by atoms with van der Waals surface area (Å²) in [6.07, 6.45) is 3.56. The lowest BCUT2D eigenvalue weighted by Gasteiger charge is -2.18. The van der Waals surface area contributed by atoms with Crippen LogP contribution in [0.1, 0.15) is 42.3 Å². The van der Waals surface area contributed by atoms with Gasteiger partial charge in [0.2, 0.25) is 0 Å². The van der Waals surface area contributed by atoms with Gasteiger partial charge in [0, 0.05) is 24.4 Å². The summed E-state index contributed by atoms with van der Waals surface area (Å²) in [6.45, 7) is 4.14. The third-order valence-corrected chi connectivity index (χ3v) is 4.31. The lowest BCUT2D eigenvalue weighted by molar-refractivity contribution is 0.466. The van der Waals surface area contributed by atoms with Crippen molar-refractivity contribution in [3.05, 3.63) is 34.0 Å². The number of hydrogen-bond acceptors (Lipinski definition) is 4. The molecule has 0 unspecified atom stereocenters. The van der Waals surface area contributed by atoms with Gasteiger partial charge in [-0.2, -0.15) is 0 Å². The molecule has 1 aliphatic heterocycles. The van der Waals surface area contributed by atoms with Gasteiger partial charge in [0.1, 0.15) is 11.6 Å². The highest BCUT2D eigenvalue weighted by Gasteiger charge is 2.19. The minimum atomic E-state index is 0.256. The summed E-state index contributed by atoms with van der Waals surface area (Å²) in [4.78, 5) is 1.36. The van der Waals surface area contributed by atoms with E-state index in [1.807, 2.05) is 0 Å². The molecule has 1 aliphatic rings. The summed E-state index contributed by atoms with van der Waals surface area (Å²) < 4.78 is 2.29. The predicted molar refractivity (Wildman–Crippen MR) is 72.5 cm³/mol. The van der Waals surface area contributed by atoms with Crippen molar-refractivity contribution >= 4 is 11.3 Å². The predicted octanol–water partition coefficient (Wildman–Crippen LogP) is 2.53. The molecule has 1 N–H and O–H groups in total. The molecule has 0 saturated carbocycles. The van der Waals surface area contributed by atoms with E-state index in [1.54, 1.807) is 11.3 Å². The Hall–Kier alpha value is -1.20. The largest absolute Gasteiger partial charge is 0.314 e. The Labute approximate surface area is 111 Å². The molecular formula is C13H18N4S. The van der Waals surface area contributed by atoms with Gasteiger partial charge in [-0.25, -0.2) is 0 Å². The number of fused-ring (bicyclic) bond motifs is 1. The molecule has 0 fully saturated rings. The number of hydrogen-bond donors (Lipinski definition) is 1. The van der Waals surface area contributed by atoms with Crippen molar-refractivity contribution in [2.45, 2.75) is 45.3 Å². The topological polar surface area (TPSA) is 42.7 Å². The highest BCUT2D eigenvalue weighted by atomic mass is 32.1. The van der Waals surface area contributed by atoms with E-state index in [1.165, 1.54) is 17.7 Å². The summed E-state index contributed by atoms with van der Waals surface area (Å²) in [7, 11) is 0. The van der Waals surface area contributed by atoms with Crippen LogP contribution in [0.15, 0.2) is 17.5 Å². The number of rotatable bonds is 4. The number of nitrogens with one attached hydrogen (secondary N) is 1. The van der Waals surface area contributed by atoms with Gasteiger partial charge < -0.3 is 9.88 Å². The van der Waals surface area contributed by atoms with Crippen LogP contribution in [-0.4, -0.2) is 14.8 Å². The third kappa shape index (κ3) is 2.33. The quantitative estimate of drug-likeness (QED) is 0.920. The molecule has 2 aromatic heterocycles. The zero-order valence-corrected chi connectivity index (χ0v) is 11.4. The van der Waals surface area contributed by atoms with E-state index in [0.29, 0.717) is 0 Å². The highest BCUT2D eigenvalue weighted by molar-refractivity contribution is 7.09. The van der Waals surface area contributed by atoms with E-state index < -0.39 is 0 Å². The van der Waals surface area contributed by atoms with E-state index in [-0.39, 0.29) is 6.04 Å². The fourth-order valence-electron chi connectivity index (χ4n) is 2.41. The molecule has 0 spiro atoms. The molecule has 3 rings (SSSR count). The molecule has 4 nitrogen and oxygen atoms in total. The van der Waals surface area contributed by atoms with Gasteiger partial charge in [-0.05, 0) is 31.2 Å². The van der Waals surface area contributed by atoms with Crippen LogP contribution in [0.5, 0.6) is 0 Å². The molecule has 1 atom stereocenters. The highest BCUT2D eigenvalue weighted by Crippen LogP contribution is 2.19. The maximum atomic E-state index is 4.35. The second-order valence-corrected chi connectivity index (χ2v) is 5.80. The van der Waals surface area contributed by atoms with Gasteiger partial charge in [0.05, 0.1) is 6.04 Å². The Balaban J connectivity index is 1.68. The normalized spacial score (nSPS) is 16.5. The molecule has 5 heteroatoms. The van der Waals surface area contributed by atoms with Crippen LogP contribution in [0.3, 0.4) is 0 Å². The molecule has 0 bridgehead atoms. The minimum Gasteiger partial charge on any atom is -0.314 e. The molecule has 18 heavy (non-hydrogen) atoms. The number of aryl methyl sites for hydroxylation is 1. The molecule has 0 aromatic carbocycles. The maximum absolute atomic E-state index is 4.35. The van der Waals surface area contributed by atoms with E-state index in [9.17, 15) is 0 Å². The van der Waals surface area contributed by atoms with E-state index in [0.717, 1.165) is 31.2 Å². The number of nitrogens with zero attached hydrogens (tertiary/aromatic N) is 3. The van der Waals surface area contributed by atoms with Gasteiger partial charge in [-0.3, -0.25) is 0 Å². The summed E-state index contributed by atoms with van der Waals surface area (Å²) in [5, 5.41) is 14.3. The van der Waals surface area contributed by atoms with Crippen LogP contribution in [-0.2, 0) is 19.5 Å². The molecule has 0 amide bonds. The second kappa shape index (κ2) is 5.20. The first kappa shape index (κ1) is 11.9. The van der Waals surface area contributed by atoms with Crippen LogP contribution in [0.4, 0.5) is 0 Å². The minimum absolute atomic E-state index is 0.256. The van der Waals surface area contributed by atoms with Crippen molar-refractivity contribution in [1.29, 1.82) is 0 Å². The van der Waals surface area contributed by atoms with E-state index in [2.05, 4.69) is 44.5 Å². The monoisotopic (exact) mass is 262 g/mol. The van der Waals surface area contributed by atoms with E-state index in [4.69, 9.17) is 0 Å². The average molecular weight is 262 g/mol. The first-order valence-electron chi connectivity index (χ1n) is 6.52. The zero-order valence-electron chi connectivity index (χ0n) is 10.6. The smallest absolute Gasteiger partial charge is 0.149 e. The van der Waals surface area contributed by atoms with Crippen molar-refractivity contribution < 1.29 is 0 Å². The number of aromatic nitrogens is 3. The Morgan fingerprint density at radius 3 is 3.22 bits per heavy atom. The molecule has 0 aliphatic carbocycles. The summed E-state index contributed by atoms with van der Waals surface area (Å²) >= 11 is 1.79. The standard InChI is InChI=1S/C13H18N4S/c1-10(14-9-11-5-4-8-18-11)13-16-15-12-6-2-3-7-17(12)13/h4-5,8,10,14H,2-3,6-7,9H2,1H3/t10-/m1/s1. The van der Waals surface area contributed by atoms with Gasteiger partial charge in [-0.1, -0.05) is 6.07 Å². The van der Waals surface area contributed by atoms with Crippen molar-refractivity contribution in [2.24, 2.45) is 0 Å². The molecule has 0 saturated heterocycles. The molecule has 3 heterocycles. The summed E-state index contributed by atoms with van der Waals surface area (Å²) in [6, 6.07) is 4.50. The van der Waals surface area contributed by atoms with Crippen molar-refractivity contribution in [1.82, 2.24) is 20.1 Å². The Kier molecular flexibility index (Phi) is 3.43. The summed E-state index contributed by atoms with van der Waals surface area (Å²) in [5.74, 6) is 2.24. The van der Waals surface area contributed by atoms with Crippen LogP contribution in [0.25, 0.3) is 0 Å². The summed E-state index contributed by atoms with van der Waals surface area (Å²) in [5.41, 5.74) is 0. The number of thiophene rings is 1. The Morgan fingerprint density at radius 2 is 2.39 bits per heavy atom. The Morgan fingerprint density at radius 1 is 1.44 bits per heavy atom. The molecule has 96 valence electrons. The average Bonchev–Trinajstić information content (AvgIpc) is 3.05. The zero-order chi connectivity index (χ0) is 12.4. The first-order valence-corrected chi connectivity index (χ1v) is 7.40. The van der Waals surface area contributed by atoms with Crippen molar-refractivity contribution in [3.63, 3.8) is 0 Å². The van der Waals surface area contributed by atoms with Crippen LogP contribution in [0.2, 0.25) is 0 Å². The third-order valence-electron chi connectivity index (χ3n) is 3.44. The van der Waals surface area contributed by atoms with Gasteiger partial charge in [0.15, 0.2) is 0 Å². The second-order valence-electron chi connectivity index (χ2n) is 4.77. The van der Waals surface area contributed by atoms with Crippen LogP contribution >= 0.6 is 11.3 Å². The first-order chi connectivity index (χ1) is 8.84. The molecule has 2 aromatic rings. The Bertz CT molecular complexity index is 503. The lowest BCUT2D eigenvalue weighted by Crippen LogP contribution is -2.23. The SMILES string of the molecule is C[C@@H](NCc1cccs1)c1nnc2n1CCCC2. The van der Waals surface area contributed by atoms with Crippen molar-refractivity contribution in [2.75, 3.05) is 0 Å². The molecular weight excluding hydrogens is 244 g/mol. The fraction of sp³-hybridized carbons (Fsp3) is 0.538. The molecule has 0 radical (unpaired) electrons. The van der Waals surface area contributed by atoms with Crippen LogP contribution in [0, 0.1) is 0 Å². The van der Waals surface area contributed by atoms with E-state index >= 15 is 0 Å². The van der Waals surface area contributed by atoms with Gasteiger partial charge >= 0.3 is 0 Å². The van der Waals surface area contributed by atoms with Gasteiger partial charge in [-0.15, -0.1) is 21.5 Å². The maximum Gasteiger partial charge on any atom is 0.149 e. The van der Waals surface area contributed by atoms with Gasteiger partial charge in [0.25, 0.3) is 0 Å². The fourth-order valence-corrected chi connectivity index (χ4v) is 3.06. The lowest BCUT2D eigenvalue weighted by atomic mass is 10.1. The van der Waals surface area contributed by atoms with Crippen molar-refractivity contribution in [3.8, 4) is 0 Å². The van der Waals surface area contributed by atoms with Crippen LogP contribution < -0.4 is 5.32 Å².